The third kappa shape index (κ3) is 2.88. The predicted molar refractivity (Wildman–Crippen MR) is 83.8 cm³/mol. The Hall–Kier alpha value is -2.00. The fourth-order valence-electron chi connectivity index (χ4n) is 2.90. The highest BCUT2D eigenvalue weighted by atomic mass is 16.5. The van der Waals surface area contributed by atoms with Crippen molar-refractivity contribution in [1.29, 1.82) is 0 Å². The lowest BCUT2D eigenvalue weighted by molar-refractivity contribution is 0.296. The van der Waals surface area contributed by atoms with Crippen LogP contribution in [0.25, 0.3) is 0 Å². The van der Waals surface area contributed by atoms with Gasteiger partial charge in [-0.05, 0) is 55.2 Å². The molecule has 3 nitrogen and oxygen atoms in total. The molecule has 0 aromatic heterocycles. The summed E-state index contributed by atoms with van der Waals surface area (Å²) in [6, 6.07) is 12.5. The number of ether oxygens (including phenoxy) is 2. The summed E-state index contributed by atoms with van der Waals surface area (Å²) >= 11 is 0. The van der Waals surface area contributed by atoms with Crippen molar-refractivity contribution >= 4 is 0 Å². The minimum Gasteiger partial charge on any atom is -0.496 e. The van der Waals surface area contributed by atoms with Gasteiger partial charge in [-0.1, -0.05) is 17.7 Å². The molecule has 0 amide bonds. The van der Waals surface area contributed by atoms with Gasteiger partial charge in [0.2, 0.25) is 0 Å². The third-order valence-electron chi connectivity index (χ3n) is 4.07. The average molecular weight is 283 g/mol. The highest BCUT2D eigenvalue weighted by Crippen LogP contribution is 2.32. The molecule has 2 N–H and O–H groups in total. The summed E-state index contributed by atoms with van der Waals surface area (Å²) in [4.78, 5) is 0. The van der Waals surface area contributed by atoms with Crippen LogP contribution in [0.1, 0.15) is 34.7 Å². The SMILES string of the molecule is COc1ccc(C)cc1COc1ccc2c(c1)CC[C@H]2N. The van der Waals surface area contributed by atoms with Crippen LogP contribution in [0, 0.1) is 6.92 Å². The molecule has 0 heterocycles. The van der Waals surface area contributed by atoms with Gasteiger partial charge in [0.1, 0.15) is 18.1 Å². The minimum absolute atomic E-state index is 0.186. The average Bonchev–Trinajstić information content (AvgIpc) is 2.86. The quantitative estimate of drug-likeness (QED) is 0.933. The van der Waals surface area contributed by atoms with E-state index in [1.807, 2.05) is 18.2 Å². The van der Waals surface area contributed by atoms with Gasteiger partial charge in [-0.3, -0.25) is 0 Å². The van der Waals surface area contributed by atoms with Crippen LogP contribution in [-0.2, 0) is 13.0 Å². The van der Waals surface area contributed by atoms with Crippen LogP contribution in [0.15, 0.2) is 36.4 Å². The number of benzene rings is 2. The van der Waals surface area contributed by atoms with E-state index in [2.05, 4.69) is 25.1 Å². The lowest BCUT2D eigenvalue weighted by Gasteiger charge is -2.12. The Balaban J connectivity index is 1.75. The summed E-state index contributed by atoms with van der Waals surface area (Å²) < 4.78 is 11.3. The van der Waals surface area contributed by atoms with Crippen molar-refractivity contribution < 1.29 is 9.47 Å². The Morgan fingerprint density at radius 1 is 1.19 bits per heavy atom. The smallest absolute Gasteiger partial charge is 0.125 e. The van der Waals surface area contributed by atoms with Crippen molar-refractivity contribution in [2.24, 2.45) is 5.73 Å². The summed E-state index contributed by atoms with van der Waals surface area (Å²) in [5.41, 5.74) is 10.9. The van der Waals surface area contributed by atoms with Crippen molar-refractivity contribution in [3.8, 4) is 11.5 Å². The van der Waals surface area contributed by atoms with Gasteiger partial charge in [-0.15, -0.1) is 0 Å². The Labute approximate surface area is 125 Å². The van der Waals surface area contributed by atoms with Gasteiger partial charge in [0.25, 0.3) is 0 Å². The number of methoxy groups -OCH3 is 1. The maximum atomic E-state index is 6.06. The van der Waals surface area contributed by atoms with Gasteiger partial charge < -0.3 is 15.2 Å². The Morgan fingerprint density at radius 2 is 2.05 bits per heavy atom. The molecule has 1 aliphatic rings. The Morgan fingerprint density at radius 3 is 2.86 bits per heavy atom. The van der Waals surface area contributed by atoms with E-state index in [4.69, 9.17) is 15.2 Å². The van der Waals surface area contributed by atoms with E-state index in [1.54, 1.807) is 7.11 Å². The molecular weight excluding hydrogens is 262 g/mol. The normalized spacial score (nSPS) is 16.6. The van der Waals surface area contributed by atoms with Crippen molar-refractivity contribution in [3.05, 3.63) is 58.7 Å². The maximum absolute atomic E-state index is 6.06. The number of hydrogen-bond donors (Lipinski definition) is 1. The summed E-state index contributed by atoms with van der Waals surface area (Å²) in [6.07, 6.45) is 2.08. The Kier molecular flexibility index (Phi) is 3.84. The van der Waals surface area contributed by atoms with Gasteiger partial charge >= 0.3 is 0 Å². The van der Waals surface area contributed by atoms with Crippen LogP contribution >= 0.6 is 0 Å². The molecule has 0 unspecified atom stereocenters. The van der Waals surface area contributed by atoms with Gasteiger partial charge in [0.05, 0.1) is 7.11 Å². The van der Waals surface area contributed by atoms with E-state index < -0.39 is 0 Å². The zero-order valence-electron chi connectivity index (χ0n) is 12.6. The van der Waals surface area contributed by atoms with Gasteiger partial charge in [0, 0.05) is 11.6 Å². The molecular formula is C18H21NO2. The minimum atomic E-state index is 0.186. The third-order valence-corrected chi connectivity index (χ3v) is 4.07. The first-order chi connectivity index (χ1) is 10.2. The lowest BCUT2D eigenvalue weighted by Crippen LogP contribution is -2.05. The molecule has 1 atom stereocenters. The molecule has 2 aromatic rings. The van der Waals surface area contributed by atoms with Crippen molar-refractivity contribution in [1.82, 2.24) is 0 Å². The largest absolute Gasteiger partial charge is 0.496 e. The van der Waals surface area contributed by atoms with E-state index >= 15 is 0 Å². The Bertz CT molecular complexity index is 652. The standard InChI is InChI=1S/C18H21NO2/c1-12-3-8-18(20-2)14(9-12)11-21-15-5-6-16-13(10-15)4-7-17(16)19/h3,5-6,8-10,17H,4,7,11,19H2,1-2H3/t17-/m1/s1. The first-order valence-corrected chi connectivity index (χ1v) is 7.32. The van der Waals surface area contributed by atoms with E-state index in [0.29, 0.717) is 6.61 Å². The van der Waals surface area contributed by atoms with Crippen LogP contribution in [-0.4, -0.2) is 7.11 Å². The fourth-order valence-corrected chi connectivity index (χ4v) is 2.90. The number of fused-ring (bicyclic) bond motifs is 1. The molecule has 0 radical (unpaired) electrons. The fraction of sp³-hybridized carbons (Fsp3) is 0.333. The molecule has 2 aromatic carbocycles. The molecule has 3 rings (SSSR count). The summed E-state index contributed by atoms with van der Waals surface area (Å²) in [5, 5.41) is 0. The topological polar surface area (TPSA) is 44.5 Å². The summed E-state index contributed by atoms with van der Waals surface area (Å²) in [5.74, 6) is 1.76. The van der Waals surface area contributed by atoms with Crippen LogP contribution in [0.4, 0.5) is 0 Å². The highest BCUT2D eigenvalue weighted by Gasteiger charge is 2.19. The molecule has 0 aliphatic heterocycles. The summed E-state index contributed by atoms with van der Waals surface area (Å²) in [7, 11) is 1.69. The second kappa shape index (κ2) is 5.78. The zero-order chi connectivity index (χ0) is 14.8. The molecule has 0 saturated carbocycles. The molecule has 0 bridgehead atoms. The number of hydrogen-bond acceptors (Lipinski definition) is 3. The maximum Gasteiger partial charge on any atom is 0.125 e. The summed E-state index contributed by atoms with van der Waals surface area (Å²) in [6.45, 7) is 2.58. The molecule has 3 heteroatoms. The first-order valence-electron chi connectivity index (χ1n) is 7.32. The van der Waals surface area contributed by atoms with Crippen LogP contribution in [0.5, 0.6) is 11.5 Å². The van der Waals surface area contributed by atoms with E-state index in [0.717, 1.165) is 29.9 Å². The monoisotopic (exact) mass is 283 g/mol. The van der Waals surface area contributed by atoms with Crippen molar-refractivity contribution in [2.45, 2.75) is 32.4 Å². The van der Waals surface area contributed by atoms with Crippen LogP contribution < -0.4 is 15.2 Å². The highest BCUT2D eigenvalue weighted by molar-refractivity contribution is 5.41. The van der Waals surface area contributed by atoms with Gasteiger partial charge in [-0.2, -0.15) is 0 Å². The van der Waals surface area contributed by atoms with Crippen LogP contribution in [0.2, 0.25) is 0 Å². The van der Waals surface area contributed by atoms with E-state index in [1.165, 1.54) is 16.7 Å². The zero-order valence-corrected chi connectivity index (χ0v) is 12.6. The van der Waals surface area contributed by atoms with Crippen molar-refractivity contribution in [2.75, 3.05) is 7.11 Å². The van der Waals surface area contributed by atoms with E-state index in [9.17, 15) is 0 Å². The van der Waals surface area contributed by atoms with Gasteiger partial charge in [-0.25, -0.2) is 0 Å². The molecule has 0 saturated heterocycles. The first kappa shape index (κ1) is 14.0. The predicted octanol–water partition coefficient (Wildman–Crippen LogP) is 3.53. The van der Waals surface area contributed by atoms with Gasteiger partial charge in [0.15, 0.2) is 0 Å². The lowest BCUT2D eigenvalue weighted by atomic mass is 10.1. The molecule has 110 valence electrons. The van der Waals surface area contributed by atoms with Crippen LogP contribution in [0.3, 0.4) is 0 Å². The second-order valence-electron chi connectivity index (χ2n) is 5.61. The van der Waals surface area contributed by atoms with E-state index in [-0.39, 0.29) is 6.04 Å². The molecule has 1 aliphatic carbocycles. The second-order valence-corrected chi connectivity index (χ2v) is 5.61. The molecule has 0 fully saturated rings. The number of aryl methyl sites for hydroxylation is 2. The van der Waals surface area contributed by atoms with Crippen molar-refractivity contribution in [3.63, 3.8) is 0 Å². The molecule has 0 spiro atoms. The number of nitrogens with two attached hydrogens (primary N) is 1. The molecule has 21 heavy (non-hydrogen) atoms. The number of rotatable bonds is 4.